The van der Waals surface area contributed by atoms with Gasteiger partial charge in [-0.05, 0) is 50.3 Å². The van der Waals surface area contributed by atoms with Gasteiger partial charge < -0.3 is 5.32 Å². The summed E-state index contributed by atoms with van der Waals surface area (Å²) in [4.78, 5) is 0. The highest BCUT2D eigenvalue weighted by Gasteiger charge is 2.19. The third-order valence-corrected chi connectivity index (χ3v) is 3.08. The van der Waals surface area contributed by atoms with Crippen LogP contribution in [0.25, 0.3) is 0 Å². The van der Waals surface area contributed by atoms with Gasteiger partial charge in [0.1, 0.15) is 0 Å². The van der Waals surface area contributed by atoms with Crippen LogP contribution in [0.4, 0.5) is 0 Å². The molecular weight excluding hydrogens is 166 g/mol. The largest absolute Gasteiger partial charge is 0.317 e. The van der Waals surface area contributed by atoms with Crippen molar-refractivity contribution in [2.24, 2.45) is 5.92 Å². The molecule has 0 spiro atoms. The summed E-state index contributed by atoms with van der Waals surface area (Å²) in [5.74, 6) is 2.41. The van der Waals surface area contributed by atoms with Crippen LogP contribution in [0.5, 0.6) is 0 Å². The average Bonchev–Trinajstić information content (AvgIpc) is 2.87. The molecule has 0 bridgehead atoms. The second-order valence-electron chi connectivity index (χ2n) is 3.68. The Bertz CT molecular complexity index is 102. The predicted octanol–water partition coefficient (Wildman–Crippen LogP) is 2.52. The first-order valence-electron chi connectivity index (χ1n) is 5.13. The molecule has 1 aliphatic rings. The molecule has 1 saturated carbocycles. The zero-order valence-corrected chi connectivity index (χ0v) is 8.96. The van der Waals surface area contributed by atoms with Gasteiger partial charge in [0.05, 0.1) is 0 Å². The molecule has 0 atom stereocenters. The van der Waals surface area contributed by atoms with E-state index in [1.807, 2.05) is 11.8 Å². The number of hydrogen-bond donors (Lipinski definition) is 1. The molecule has 1 aliphatic carbocycles. The molecule has 0 saturated heterocycles. The molecule has 1 fully saturated rings. The van der Waals surface area contributed by atoms with Crippen LogP contribution in [0.1, 0.15) is 32.1 Å². The first kappa shape index (κ1) is 10.4. The van der Waals surface area contributed by atoms with Crippen LogP contribution in [0.15, 0.2) is 0 Å². The molecule has 72 valence electrons. The Balaban J connectivity index is 1.65. The van der Waals surface area contributed by atoms with Gasteiger partial charge in [0.2, 0.25) is 0 Å². The molecule has 0 heterocycles. The summed E-state index contributed by atoms with van der Waals surface area (Å²) in [6, 6.07) is 0. The van der Waals surface area contributed by atoms with Crippen molar-refractivity contribution < 1.29 is 0 Å². The summed E-state index contributed by atoms with van der Waals surface area (Å²) >= 11 is 1.95. The monoisotopic (exact) mass is 187 g/mol. The quantitative estimate of drug-likeness (QED) is 0.586. The average molecular weight is 187 g/mol. The number of thioether (sulfide) groups is 1. The SMILES string of the molecule is CSCCCCNCCC1CC1. The van der Waals surface area contributed by atoms with Crippen molar-refractivity contribution in [3.8, 4) is 0 Å². The lowest BCUT2D eigenvalue weighted by Crippen LogP contribution is -2.17. The molecule has 0 aromatic heterocycles. The Hall–Kier alpha value is 0.310. The van der Waals surface area contributed by atoms with Crippen LogP contribution in [0.3, 0.4) is 0 Å². The van der Waals surface area contributed by atoms with Crippen molar-refractivity contribution >= 4 is 11.8 Å². The lowest BCUT2D eigenvalue weighted by Gasteiger charge is -2.02. The zero-order chi connectivity index (χ0) is 8.65. The molecule has 0 unspecified atom stereocenters. The van der Waals surface area contributed by atoms with Crippen LogP contribution in [-0.2, 0) is 0 Å². The molecular formula is C10H21NS. The summed E-state index contributed by atoms with van der Waals surface area (Å²) in [5, 5.41) is 3.51. The van der Waals surface area contributed by atoms with Gasteiger partial charge in [-0.3, -0.25) is 0 Å². The fourth-order valence-corrected chi connectivity index (χ4v) is 1.83. The standard InChI is InChI=1S/C10H21NS/c1-12-9-3-2-7-11-8-6-10-4-5-10/h10-11H,2-9H2,1H3. The van der Waals surface area contributed by atoms with E-state index in [-0.39, 0.29) is 0 Å². The van der Waals surface area contributed by atoms with E-state index in [1.165, 1.54) is 50.9 Å². The maximum Gasteiger partial charge on any atom is -0.00463 e. The van der Waals surface area contributed by atoms with Gasteiger partial charge >= 0.3 is 0 Å². The van der Waals surface area contributed by atoms with Crippen molar-refractivity contribution in [3.63, 3.8) is 0 Å². The van der Waals surface area contributed by atoms with Gasteiger partial charge in [0.25, 0.3) is 0 Å². The fourth-order valence-electron chi connectivity index (χ4n) is 1.33. The summed E-state index contributed by atoms with van der Waals surface area (Å²) in [6.07, 6.45) is 9.31. The summed E-state index contributed by atoms with van der Waals surface area (Å²) in [6.45, 7) is 2.48. The number of unbranched alkanes of at least 4 members (excludes halogenated alkanes) is 1. The second-order valence-corrected chi connectivity index (χ2v) is 4.67. The van der Waals surface area contributed by atoms with Crippen LogP contribution < -0.4 is 5.32 Å². The van der Waals surface area contributed by atoms with Crippen LogP contribution >= 0.6 is 11.8 Å². The van der Waals surface area contributed by atoms with E-state index in [0.717, 1.165) is 5.92 Å². The maximum absolute atomic E-state index is 3.51. The third-order valence-electron chi connectivity index (χ3n) is 2.38. The first-order chi connectivity index (χ1) is 5.93. The van der Waals surface area contributed by atoms with E-state index in [1.54, 1.807) is 0 Å². The van der Waals surface area contributed by atoms with Gasteiger partial charge in [0.15, 0.2) is 0 Å². The van der Waals surface area contributed by atoms with Crippen LogP contribution in [0, 0.1) is 5.92 Å². The molecule has 0 radical (unpaired) electrons. The number of hydrogen-bond acceptors (Lipinski definition) is 2. The topological polar surface area (TPSA) is 12.0 Å². The fraction of sp³-hybridized carbons (Fsp3) is 1.00. The lowest BCUT2D eigenvalue weighted by molar-refractivity contribution is 0.592. The smallest absolute Gasteiger partial charge is 0.00463 e. The minimum atomic E-state index is 1.09. The highest BCUT2D eigenvalue weighted by atomic mass is 32.2. The van der Waals surface area contributed by atoms with Gasteiger partial charge in [0, 0.05) is 0 Å². The van der Waals surface area contributed by atoms with E-state index in [0.29, 0.717) is 0 Å². The second kappa shape index (κ2) is 6.79. The Labute approximate surface area is 80.7 Å². The van der Waals surface area contributed by atoms with E-state index in [2.05, 4.69) is 11.6 Å². The van der Waals surface area contributed by atoms with Gasteiger partial charge in [-0.15, -0.1) is 0 Å². The van der Waals surface area contributed by atoms with E-state index >= 15 is 0 Å². The molecule has 1 N–H and O–H groups in total. The van der Waals surface area contributed by atoms with Crippen LogP contribution in [-0.4, -0.2) is 25.1 Å². The highest BCUT2D eigenvalue weighted by molar-refractivity contribution is 7.98. The van der Waals surface area contributed by atoms with Crippen molar-refractivity contribution in [2.75, 3.05) is 25.1 Å². The predicted molar refractivity (Wildman–Crippen MR) is 57.8 cm³/mol. The van der Waals surface area contributed by atoms with E-state index < -0.39 is 0 Å². The zero-order valence-electron chi connectivity index (χ0n) is 8.14. The van der Waals surface area contributed by atoms with Crippen LogP contribution in [0.2, 0.25) is 0 Å². The molecule has 0 aliphatic heterocycles. The Morgan fingerprint density at radius 2 is 2.08 bits per heavy atom. The minimum absolute atomic E-state index is 1.09. The first-order valence-corrected chi connectivity index (χ1v) is 6.52. The van der Waals surface area contributed by atoms with E-state index in [4.69, 9.17) is 0 Å². The summed E-state index contributed by atoms with van der Waals surface area (Å²) in [5.41, 5.74) is 0. The van der Waals surface area contributed by atoms with Gasteiger partial charge in [-0.25, -0.2) is 0 Å². The maximum atomic E-state index is 3.51. The van der Waals surface area contributed by atoms with Crippen molar-refractivity contribution in [2.45, 2.75) is 32.1 Å². The van der Waals surface area contributed by atoms with E-state index in [9.17, 15) is 0 Å². The molecule has 12 heavy (non-hydrogen) atoms. The Morgan fingerprint density at radius 1 is 1.25 bits per heavy atom. The Kier molecular flexibility index (Phi) is 5.88. The normalized spacial score (nSPS) is 16.8. The molecule has 0 amide bonds. The van der Waals surface area contributed by atoms with Gasteiger partial charge in [-0.2, -0.15) is 11.8 Å². The Morgan fingerprint density at radius 3 is 2.75 bits per heavy atom. The highest BCUT2D eigenvalue weighted by Crippen LogP contribution is 2.31. The molecule has 2 heteroatoms. The summed E-state index contributed by atoms with van der Waals surface area (Å²) < 4.78 is 0. The summed E-state index contributed by atoms with van der Waals surface area (Å²) in [7, 11) is 0. The third kappa shape index (κ3) is 5.90. The van der Waals surface area contributed by atoms with Crippen molar-refractivity contribution in [1.29, 1.82) is 0 Å². The van der Waals surface area contributed by atoms with Crippen molar-refractivity contribution in [1.82, 2.24) is 5.32 Å². The lowest BCUT2D eigenvalue weighted by atomic mass is 10.3. The van der Waals surface area contributed by atoms with Crippen molar-refractivity contribution in [3.05, 3.63) is 0 Å². The minimum Gasteiger partial charge on any atom is -0.317 e. The number of nitrogens with one attached hydrogen (secondary N) is 1. The molecule has 1 rings (SSSR count). The molecule has 1 nitrogen and oxygen atoms in total. The number of rotatable bonds is 8. The molecule has 0 aromatic rings. The van der Waals surface area contributed by atoms with Gasteiger partial charge in [-0.1, -0.05) is 12.8 Å². The molecule has 0 aromatic carbocycles.